The molecule has 12 heteroatoms. The number of halogens is 2. The van der Waals surface area contributed by atoms with Gasteiger partial charge in [-0.05, 0) is 24.6 Å². The van der Waals surface area contributed by atoms with E-state index in [1.54, 1.807) is 4.90 Å². The lowest BCUT2D eigenvalue weighted by molar-refractivity contribution is -0.129. The lowest BCUT2D eigenvalue weighted by Crippen LogP contribution is -2.51. The van der Waals surface area contributed by atoms with E-state index in [0.717, 1.165) is 30.3 Å². The smallest absolute Gasteiger partial charge is 0.251 e. The minimum absolute atomic E-state index is 0.0822. The maximum atomic E-state index is 13.3. The van der Waals surface area contributed by atoms with Crippen molar-refractivity contribution in [1.82, 2.24) is 19.2 Å². The molecule has 2 aromatic rings. The van der Waals surface area contributed by atoms with Crippen molar-refractivity contribution in [3.05, 3.63) is 51.2 Å². The van der Waals surface area contributed by atoms with Gasteiger partial charge in [0.05, 0.1) is 15.7 Å². The van der Waals surface area contributed by atoms with E-state index in [4.69, 9.17) is 11.6 Å². The molecule has 1 fully saturated rings. The van der Waals surface area contributed by atoms with Crippen molar-refractivity contribution in [3.8, 4) is 0 Å². The van der Waals surface area contributed by atoms with Gasteiger partial charge in [-0.1, -0.05) is 36.7 Å². The minimum Gasteiger partial charge on any atom is -0.339 e. The lowest BCUT2D eigenvalue weighted by Gasteiger charge is -2.34. The third-order valence-electron chi connectivity index (χ3n) is 4.73. The average Bonchev–Trinajstić information content (AvgIpc) is 2.74. The quantitative estimate of drug-likeness (QED) is 0.473. The number of carbonyl (C=O) groups is 1. The Morgan fingerprint density at radius 1 is 1.26 bits per heavy atom. The fourth-order valence-electron chi connectivity index (χ4n) is 3.12. The van der Waals surface area contributed by atoms with Crippen LogP contribution in [0.1, 0.15) is 19.0 Å². The molecule has 8 nitrogen and oxygen atoms in total. The lowest BCUT2D eigenvalue weighted by atomic mass is 10.2. The Morgan fingerprint density at radius 3 is 2.61 bits per heavy atom. The van der Waals surface area contributed by atoms with E-state index in [2.05, 4.69) is 9.97 Å². The number of nitrogens with one attached hydrogen (secondary N) is 1. The maximum absolute atomic E-state index is 13.3. The molecule has 0 unspecified atom stereocenters. The van der Waals surface area contributed by atoms with E-state index in [0.29, 0.717) is 17.3 Å². The molecular formula is C19H22ClFN4O4S2. The first-order chi connectivity index (χ1) is 14.7. The van der Waals surface area contributed by atoms with Crippen LogP contribution in [-0.2, 0) is 21.2 Å². The summed E-state index contributed by atoms with van der Waals surface area (Å²) in [6.07, 6.45) is 1.54. The molecule has 1 aromatic carbocycles. The number of piperazine rings is 1. The highest BCUT2D eigenvalue weighted by Crippen LogP contribution is 2.23. The van der Waals surface area contributed by atoms with Crippen LogP contribution in [0.5, 0.6) is 0 Å². The molecule has 3 rings (SSSR count). The van der Waals surface area contributed by atoms with Crippen LogP contribution in [0.4, 0.5) is 4.39 Å². The van der Waals surface area contributed by atoms with Crippen molar-refractivity contribution in [2.75, 3.05) is 31.9 Å². The zero-order valence-electron chi connectivity index (χ0n) is 16.8. The van der Waals surface area contributed by atoms with Crippen molar-refractivity contribution >= 4 is 39.3 Å². The molecule has 1 aromatic heterocycles. The summed E-state index contributed by atoms with van der Waals surface area (Å²) in [7, 11) is -3.83. The molecule has 0 spiro atoms. The highest BCUT2D eigenvalue weighted by Gasteiger charge is 2.30. The van der Waals surface area contributed by atoms with Gasteiger partial charge in [0.2, 0.25) is 15.9 Å². The topological polar surface area (TPSA) is 103 Å². The zero-order chi connectivity index (χ0) is 22.6. The third-order valence-corrected chi connectivity index (χ3v) is 7.77. The second-order valence-corrected chi connectivity index (χ2v) is 10.3. The van der Waals surface area contributed by atoms with Gasteiger partial charge in [0, 0.05) is 37.9 Å². The van der Waals surface area contributed by atoms with Gasteiger partial charge in [-0.3, -0.25) is 9.59 Å². The largest absolute Gasteiger partial charge is 0.339 e. The van der Waals surface area contributed by atoms with Crippen LogP contribution in [0.15, 0.2) is 39.1 Å². The van der Waals surface area contributed by atoms with Crippen molar-refractivity contribution in [2.45, 2.75) is 29.8 Å². The maximum Gasteiger partial charge on any atom is 0.251 e. The van der Waals surface area contributed by atoms with Crippen LogP contribution in [0.3, 0.4) is 0 Å². The molecule has 0 radical (unpaired) electrons. The zero-order valence-corrected chi connectivity index (χ0v) is 19.2. The molecule has 0 atom stereocenters. The first-order valence-electron chi connectivity index (χ1n) is 9.66. The standard InChI is InChI=1S/C19H22ClFN4O4S2/c1-2-3-13-10-17(26)23-19(22-13)30-12-18(27)24-6-8-25(9-7-24)31(28,29)14-4-5-16(21)15(20)11-14/h4-5,10-11H,2-3,6-9,12H2,1H3,(H,22,23,26). The number of hydrogen-bond acceptors (Lipinski definition) is 6. The highest BCUT2D eigenvalue weighted by molar-refractivity contribution is 7.99. The molecule has 1 aliphatic rings. The summed E-state index contributed by atoms with van der Waals surface area (Å²) in [5, 5.41) is 0.125. The summed E-state index contributed by atoms with van der Waals surface area (Å²) in [6, 6.07) is 4.72. The van der Waals surface area contributed by atoms with Crippen molar-refractivity contribution in [1.29, 1.82) is 0 Å². The van der Waals surface area contributed by atoms with Gasteiger partial charge < -0.3 is 9.88 Å². The molecular weight excluding hydrogens is 467 g/mol. The minimum atomic E-state index is -3.83. The molecule has 1 aliphatic heterocycles. The predicted molar refractivity (Wildman–Crippen MR) is 116 cm³/mol. The number of sulfonamides is 1. The molecule has 168 valence electrons. The summed E-state index contributed by atoms with van der Waals surface area (Å²) in [5.74, 6) is -0.779. The van der Waals surface area contributed by atoms with E-state index >= 15 is 0 Å². The fourth-order valence-corrected chi connectivity index (χ4v) is 5.61. The SMILES string of the molecule is CCCc1cc(=O)[nH]c(SCC(=O)N2CCN(S(=O)(=O)c3ccc(F)c(Cl)c3)CC2)n1. The number of aromatic amines is 1. The molecule has 0 aliphatic carbocycles. The van der Waals surface area contributed by atoms with Gasteiger partial charge in [0.1, 0.15) is 5.82 Å². The summed E-state index contributed by atoms with van der Waals surface area (Å²) in [6.45, 7) is 2.69. The number of aryl methyl sites for hydroxylation is 1. The van der Waals surface area contributed by atoms with Crippen molar-refractivity contribution in [2.24, 2.45) is 0 Å². The molecule has 1 N–H and O–H groups in total. The van der Waals surface area contributed by atoms with Crippen LogP contribution < -0.4 is 5.56 Å². The number of nitrogens with zero attached hydrogens (tertiary/aromatic N) is 3. The normalized spacial score (nSPS) is 15.3. The molecule has 1 saturated heterocycles. The van der Waals surface area contributed by atoms with Crippen LogP contribution >= 0.6 is 23.4 Å². The Kier molecular flexibility index (Phi) is 7.73. The Hall–Kier alpha value is -1.95. The predicted octanol–water partition coefficient (Wildman–Crippen LogP) is 2.14. The first-order valence-corrected chi connectivity index (χ1v) is 12.5. The number of amides is 1. The van der Waals surface area contributed by atoms with Crippen LogP contribution in [0.2, 0.25) is 5.02 Å². The number of thioether (sulfide) groups is 1. The third kappa shape index (κ3) is 5.85. The van der Waals surface area contributed by atoms with Crippen molar-refractivity contribution < 1.29 is 17.6 Å². The van der Waals surface area contributed by atoms with E-state index in [-0.39, 0.29) is 53.3 Å². The average molecular weight is 489 g/mol. The summed E-state index contributed by atoms with van der Waals surface area (Å²) < 4.78 is 40.1. The van der Waals surface area contributed by atoms with Gasteiger partial charge >= 0.3 is 0 Å². The number of hydrogen-bond donors (Lipinski definition) is 1. The second-order valence-electron chi connectivity index (χ2n) is 6.94. The van der Waals surface area contributed by atoms with Gasteiger partial charge in [-0.25, -0.2) is 17.8 Å². The van der Waals surface area contributed by atoms with Gasteiger partial charge in [0.15, 0.2) is 5.16 Å². The Labute approximate surface area is 188 Å². The van der Waals surface area contributed by atoms with E-state index in [1.165, 1.54) is 16.4 Å². The number of H-pyrrole nitrogens is 1. The Morgan fingerprint density at radius 2 is 1.97 bits per heavy atom. The monoisotopic (exact) mass is 488 g/mol. The second kappa shape index (κ2) is 10.1. The number of carbonyl (C=O) groups excluding carboxylic acids is 1. The summed E-state index contributed by atoms with van der Waals surface area (Å²) >= 11 is 6.85. The molecule has 0 bridgehead atoms. The number of rotatable bonds is 7. The van der Waals surface area contributed by atoms with E-state index in [1.807, 2.05) is 6.92 Å². The molecule has 2 heterocycles. The van der Waals surface area contributed by atoms with Crippen molar-refractivity contribution in [3.63, 3.8) is 0 Å². The number of aromatic nitrogens is 2. The molecule has 1 amide bonds. The summed E-state index contributed by atoms with van der Waals surface area (Å²) in [4.78, 5) is 32.7. The molecule has 31 heavy (non-hydrogen) atoms. The highest BCUT2D eigenvalue weighted by atomic mass is 35.5. The fraction of sp³-hybridized carbons (Fsp3) is 0.421. The van der Waals surface area contributed by atoms with Gasteiger partial charge in [-0.15, -0.1) is 0 Å². The van der Waals surface area contributed by atoms with Gasteiger partial charge in [-0.2, -0.15) is 4.31 Å². The van der Waals surface area contributed by atoms with Crippen LogP contribution in [0.25, 0.3) is 0 Å². The first kappa shape index (κ1) is 23.7. The van der Waals surface area contributed by atoms with E-state index in [9.17, 15) is 22.4 Å². The Bertz CT molecular complexity index is 1120. The van der Waals surface area contributed by atoms with E-state index < -0.39 is 15.8 Å². The van der Waals surface area contributed by atoms with Gasteiger partial charge in [0.25, 0.3) is 5.56 Å². The summed E-state index contributed by atoms with van der Waals surface area (Å²) in [5.41, 5.74) is 0.425. The van der Waals surface area contributed by atoms with Crippen LogP contribution in [0, 0.1) is 5.82 Å². The Balaban J connectivity index is 1.57. The number of benzene rings is 1. The van der Waals surface area contributed by atoms with Crippen LogP contribution in [-0.4, -0.2) is 65.4 Å². The molecule has 0 saturated carbocycles.